The highest BCUT2D eigenvalue weighted by Gasteiger charge is 1.80. The SMILES string of the molecule is CCOC.COCCO.COCCO.CSC.CSC.CSc1ccccc1. The van der Waals surface area contributed by atoms with Crippen molar-refractivity contribution >= 4 is 35.3 Å². The molecule has 0 radical (unpaired) electrons. The van der Waals surface area contributed by atoms with E-state index in [0.29, 0.717) is 13.2 Å². The molecule has 1 aromatic rings. The molecule has 1 aromatic carbocycles. The zero-order valence-corrected chi connectivity index (χ0v) is 21.7. The second kappa shape index (κ2) is 50.6. The average Bonchev–Trinajstić information content (AvgIpc) is 2.72. The normalized spacial score (nSPS) is 7.96. The van der Waals surface area contributed by atoms with Gasteiger partial charge in [-0.15, -0.1) is 11.8 Å². The van der Waals surface area contributed by atoms with Crippen LogP contribution in [0.1, 0.15) is 6.92 Å². The van der Waals surface area contributed by atoms with Gasteiger partial charge in [0.05, 0.1) is 26.4 Å². The Morgan fingerprint density at radius 3 is 1.14 bits per heavy atom. The van der Waals surface area contributed by atoms with Gasteiger partial charge in [0.1, 0.15) is 0 Å². The molecule has 0 fully saturated rings. The summed E-state index contributed by atoms with van der Waals surface area (Å²) in [6.07, 6.45) is 10.2. The molecule has 5 nitrogen and oxygen atoms in total. The van der Waals surface area contributed by atoms with Crippen molar-refractivity contribution in [2.24, 2.45) is 0 Å². The zero-order chi connectivity index (χ0) is 22.9. The molecule has 0 aliphatic carbocycles. The topological polar surface area (TPSA) is 68.2 Å². The maximum absolute atomic E-state index is 7.94. The largest absolute Gasteiger partial charge is 0.394 e. The minimum atomic E-state index is 0.122. The van der Waals surface area contributed by atoms with Gasteiger partial charge in [0.15, 0.2) is 0 Å². The molecule has 1 rings (SSSR count). The third-order valence-electron chi connectivity index (χ3n) is 1.86. The summed E-state index contributed by atoms with van der Waals surface area (Å²) >= 11 is 5.27. The monoisotopic (exact) mass is 460 g/mol. The molecule has 0 aromatic heterocycles. The van der Waals surface area contributed by atoms with Crippen molar-refractivity contribution in [1.82, 2.24) is 0 Å². The number of rotatable bonds is 6. The van der Waals surface area contributed by atoms with Crippen molar-refractivity contribution in [3.8, 4) is 0 Å². The lowest BCUT2D eigenvalue weighted by atomic mass is 10.4. The van der Waals surface area contributed by atoms with E-state index in [-0.39, 0.29) is 13.2 Å². The van der Waals surface area contributed by atoms with Crippen molar-refractivity contribution in [2.45, 2.75) is 11.8 Å². The molecule has 0 unspecified atom stereocenters. The van der Waals surface area contributed by atoms with Crippen LogP contribution >= 0.6 is 35.3 Å². The van der Waals surface area contributed by atoms with Crippen molar-refractivity contribution in [2.75, 3.05) is 85.6 Å². The number of benzene rings is 1. The third-order valence-corrected chi connectivity index (χ3v) is 2.60. The van der Waals surface area contributed by atoms with Crippen LogP contribution in [0, 0.1) is 0 Å². The third kappa shape index (κ3) is 72.1. The van der Waals surface area contributed by atoms with Crippen LogP contribution in [-0.4, -0.2) is 95.9 Å². The van der Waals surface area contributed by atoms with Gasteiger partial charge in [0.2, 0.25) is 0 Å². The minimum absolute atomic E-state index is 0.122. The molecule has 2 N–H and O–H groups in total. The van der Waals surface area contributed by atoms with Crippen molar-refractivity contribution in [3.05, 3.63) is 30.3 Å². The Hall–Kier alpha value is 0.0700. The number of hydrogen-bond donors (Lipinski definition) is 2. The van der Waals surface area contributed by atoms with Crippen LogP contribution in [-0.2, 0) is 14.2 Å². The first-order chi connectivity index (χ1) is 13.5. The van der Waals surface area contributed by atoms with Crippen LogP contribution in [0.4, 0.5) is 0 Å². The fourth-order valence-electron chi connectivity index (χ4n) is 0.739. The predicted molar refractivity (Wildman–Crippen MR) is 133 cm³/mol. The number of methoxy groups -OCH3 is 3. The van der Waals surface area contributed by atoms with Gasteiger partial charge in [-0.05, 0) is 50.3 Å². The first kappa shape index (κ1) is 38.6. The summed E-state index contributed by atoms with van der Waals surface area (Å²) in [4.78, 5) is 1.33. The highest BCUT2D eigenvalue weighted by molar-refractivity contribution is 7.98. The first-order valence-corrected chi connectivity index (χ1v) is 13.1. The van der Waals surface area contributed by atoms with Crippen molar-refractivity contribution in [1.29, 1.82) is 0 Å². The van der Waals surface area contributed by atoms with Crippen molar-refractivity contribution in [3.63, 3.8) is 0 Å². The lowest BCUT2D eigenvalue weighted by Gasteiger charge is -1.89. The molecular formula is C20H44O5S3. The number of aliphatic hydroxyl groups excluding tert-OH is 2. The van der Waals surface area contributed by atoms with Gasteiger partial charge in [-0.25, -0.2) is 0 Å². The smallest absolute Gasteiger partial charge is 0.0693 e. The molecule has 0 saturated carbocycles. The lowest BCUT2D eigenvalue weighted by molar-refractivity contribution is 0.135. The van der Waals surface area contributed by atoms with E-state index in [1.54, 1.807) is 56.6 Å². The molecule has 0 amide bonds. The Balaban J connectivity index is -0.0000000792. The zero-order valence-electron chi connectivity index (χ0n) is 19.3. The Morgan fingerprint density at radius 2 is 1.04 bits per heavy atom. The summed E-state index contributed by atoms with van der Waals surface area (Å²) in [5.41, 5.74) is 0. The van der Waals surface area contributed by atoms with E-state index in [1.165, 1.54) is 4.90 Å². The molecule has 0 aliphatic rings. The lowest BCUT2D eigenvalue weighted by Crippen LogP contribution is -1.91. The van der Waals surface area contributed by atoms with E-state index in [4.69, 9.17) is 10.2 Å². The summed E-state index contributed by atoms with van der Waals surface area (Å²) in [6, 6.07) is 10.3. The van der Waals surface area contributed by atoms with Crippen LogP contribution in [0.5, 0.6) is 0 Å². The van der Waals surface area contributed by atoms with Gasteiger partial charge >= 0.3 is 0 Å². The van der Waals surface area contributed by atoms with E-state index in [9.17, 15) is 0 Å². The molecule has 28 heavy (non-hydrogen) atoms. The van der Waals surface area contributed by atoms with Gasteiger partial charge in [-0.3, -0.25) is 0 Å². The minimum Gasteiger partial charge on any atom is -0.394 e. The summed E-state index contributed by atoms with van der Waals surface area (Å²) < 4.78 is 13.4. The first-order valence-electron chi connectivity index (χ1n) is 8.59. The molecule has 172 valence electrons. The van der Waals surface area contributed by atoms with Gasteiger partial charge in [-0.1, -0.05) is 18.2 Å². The predicted octanol–water partition coefficient (Wildman–Crippen LogP) is 4.27. The van der Waals surface area contributed by atoms with E-state index in [1.807, 2.05) is 50.1 Å². The number of ether oxygens (including phenoxy) is 3. The summed E-state index contributed by atoms with van der Waals surface area (Å²) in [7, 11) is 4.78. The molecule has 0 saturated heterocycles. The maximum Gasteiger partial charge on any atom is 0.0693 e. The average molecular weight is 461 g/mol. The van der Waals surface area contributed by atoms with E-state index in [0.717, 1.165) is 6.61 Å². The fourth-order valence-corrected chi connectivity index (χ4v) is 1.17. The second-order valence-electron chi connectivity index (χ2n) is 4.34. The molecule has 8 heteroatoms. The number of hydrogen-bond acceptors (Lipinski definition) is 8. The van der Waals surface area contributed by atoms with Crippen LogP contribution < -0.4 is 0 Å². The number of thioether (sulfide) groups is 3. The Bertz CT molecular complexity index is 280. The Morgan fingerprint density at radius 1 is 0.714 bits per heavy atom. The summed E-state index contributed by atoms with van der Waals surface area (Å²) in [5, 5.41) is 15.9. The maximum atomic E-state index is 7.94. The second-order valence-corrected chi connectivity index (χ2v) is 6.86. The van der Waals surface area contributed by atoms with Gasteiger partial charge in [-0.2, -0.15) is 23.5 Å². The quantitative estimate of drug-likeness (QED) is 0.610. The standard InChI is InChI=1S/C7H8S.2C3H8O2.C3H8O.2C2H6S/c1-8-7-5-3-2-4-6-7;2*1-5-3-2-4;1-3-4-2;2*1-3-2/h2-6H,1H3;2*4H,2-3H2,1H3;3H2,1-2H3;2*1-2H3. The van der Waals surface area contributed by atoms with Gasteiger partial charge in [0.25, 0.3) is 0 Å². The molecule has 0 aliphatic heterocycles. The van der Waals surface area contributed by atoms with Crippen LogP contribution in [0.25, 0.3) is 0 Å². The highest BCUT2D eigenvalue weighted by atomic mass is 32.2. The van der Waals surface area contributed by atoms with Crippen LogP contribution in [0.3, 0.4) is 0 Å². The molecule has 0 bridgehead atoms. The van der Waals surface area contributed by atoms with Gasteiger partial charge < -0.3 is 24.4 Å². The van der Waals surface area contributed by atoms with Crippen LogP contribution in [0.2, 0.25) is 0 Å². The fraction of sp³-hybridized carbons (Fsp3) is 0.700. The van der Waals surface area contributed by atoms with E-state index >= 15 is 0 Å². The van der Waals surface area contributed by atoms with Gasteiger partial charge in [0, 0.05) is 32.8 Å². The molecular weight excluding hydrogens is 416 g/mol. The Labute approximate surface area is 187 Å². The van der Waals surface area contributed by atoms with Crippen LogP contribution in [0.15, 0.2) is 35.2 Å². The molecule has 0 atom stereocenters. The summed E-state index contributed by atoms with van der Waals surface area (Å²) in [5.74, 6) is 0. The van der Waals surface area contributed by atoms with Crippen molar-refractivity contribution < 1.29 is 24.4 Å². The summed E-state index contributed by atoms with van der Waals surface area (Å²) in [6.45, 7) is 3.91. The number of aliphatic hydroxyl groups is 2. The Kier molecular flexibility index (Phi) is 69.8. The molecule has 0 heterocycles. The van der Waals surface area contributed by atoms with E-state index < -0.39 is 0 Å². The highest BCUT2D eigenvalue weighted by Crippen LogP contribution is 2.11. The molecule has 0 spiro atoms. The van der Waals surface area contributed by atoms with E-state index in [2.05, 4.69) is 32.6 Å².